The van der Waals surface area contributed by atoms with E-state index in [9.17, 15) is 25.2 Å². The third kappa shape index (κ3) is 8.15. The summed E-state index contributed by atoms with van der Waals surface area (Å²) in [5.41, 5.74) is 2.34. The number of pyridine rings is 2. The fraction of sp³-hybridized carbons (Fsp3) is 0. The van der Waals surface area contributed by atoms with Gasteiger partial charge in [0.25, 0.3) is 0 Å². The Hall–Kier alpha value is -1.62. The van der Waals surface area contributed by atoms with E-state index < -0.39 is 7.81 Å². The summed E-state index contributed by atoms with van der Waals surface area (Å²) in [5, 5.41) is 0. The van der Waals surface area contributed by atoms with E-state index in [1.807, 2.05) is 24.4 Å². The molecule has 0 aromatic carbocycles. The van der Waals surface area contributed by atoms with Crippen LogP contribution in [-0.2, 0) is 0 Å². The maximum absolute atomic E-state index is 10.7. The molecule has 0 saturated carbocycles. The van der Waals surface area contributed by atoms with E-state index in [1.165, 1.54) is 5.52 Å². The standard InChI is InChI=1S/C11H10N.F6P/c1-2-10-6-7-11-5-3-4-8-12(11)9-10;1-7(2,3,4,5)6/h2-9H,1H2;/q+1;-1. The Morgan fingerprint density at radius 1 is 0.947 bits per heavy atom. The number of fused-ring (bicyclic) bond motifs is 1. The van der Waals surface area contributed by atoms with Gasteiger partial charge in [0.2, 0.25) is 5.52 Å². The van der Waals surface area contributed by atoms with Crippen molar-refractivity contribution in [3.63, 3.8) is 0 Å². The summed E-state index contributed by atoms with van der Waals surface area (Å²) in [6.45, 7) is 3.72. The van der Waals surface area contributed by atoms with Gasteiger partial charge in [0.15, 0.2) is 12.4 Å². The molecule has 0 bridgehead atoms. The summed E-state index contributed by atoms with van der Waals surface area (Å²) < 4.78 is 61.3. The second-order valence-corrected chi connectivity index (χ2v) is 5.57. The molecule has 0 saturated heterocycles. The van der Waals surface area contributed by atoms with Crippen LogP contribution in [0, 0.1) is 0 Å². The molecule has 0 radical (unpaired) electrons. The molecule has 0 amide bonds. The van der Waals surface area contributed by atoms with Crippen LogP contribution in [0.25, 0.3) is 11.6 Å². The third-order valence-electron chi connectivity index (χ3n) is 1.89. The van der Waals surface area contributed by atoms with E-state index in [2.05, 4.69) is 35.4 Å². The predicted octanol–water partition coefficient (Wildman–Crippen LogP) is 5.45. The van der Waals surface area contributed by atoms with Crippen LogP contribution in [0.2, 0.25) is 0 Å². The number of aromatic nitrogens is 1. The molecule has 0 fully saturated rings. The van der Waals surface area contributed by atoms with E-state index in [-0.39, 0.29) is 0 Å². The first kappa shape index (κ1) is 15.4. The first-order chi connectivity index (χ1) is 8.35. The van der Waals surface area contributed by atoms with Gasteiger partial charge in [-0.1, -0.05) is 12.7 Å². The molecule has 0 N–H and O–H groups in total. The van der Waals surface area contributed by atoms with Crippen LogP contribution < -0.4 is 4.40 Å². The minimum atomic E-state index is -10.7. The number of hydrogen-bond acceptors (Lipinski definition) is 0. The van der Waals surface area contributed by atoms with Crippen molar-refractivity contribution >= 4 is 19.4 Å². The van der Waals surface area contributed by atoms with E-state index in [1.54, 1.807) is 0 Å². The van der Waals surface area contributed by atoms with Crippen molar-refractivity contribution in [3.05, 3.63) is 54.9 Å². The molecule has 2 heterocycles. The maximum atomic E-state index is 9.87. The Bertz CT molecular complexity index is 593. The molecule has 2 aromatic rings. The second kappa shape index (κ2) is 4.20. The Morgan fingerprint density at radius 2 is 1.53 bits per heavy atom. The van der Waals surface area contributed by atoms with Crippen LogP contribution in [0.1, 0.15) is 5.56 Å². The fourth-order valence-corrected chi connectivity index (χ4v) is 1.23. The van der Waals surface area contributed by atoms with Gasteiger partial charge in [0.1, 0.15) is 0 Å². The summed E-state index contributed by atoms with van der Waals surface area (Å²) >= 11 is 0. The van der Waals surface area contributed by atoms with Gasteiger partial charge >= 0.3 is 33.0 Å². The summed E-state index contributed by atoms with van der Waals surface area (Å²) in [6, 6.07) is 10.3. The van der Waals surface area contributed by atoms with Crippen LogP contribution in [-0.4, -0.2) is 0 Å². The molecule has 2 aromatic heterocycles. The molecule has 19 heavy (non-hydrogen) atoms. The molecular formula is C11H10F6NP. The summed E-state index contributed by atoms with van der Waals surface area (Å²) in [6.07, 6.45) is 5.93. The Labute approximate surface area is 105 Å². The molecule has 0 aliphatic carbocycles. The van der Waals surface area contributed by atoms with E-state index in [4.69, 9.17) is 0 Å². The topological polar surface area (TPSA) is 4.10 Å². The van der Waals surface area contributed by atoms with Crippen LogP contribution in [0.5, 0.6) is 0 Å². The van der Waals surface area contributed by atoms with Crippen LogP contribution in [0.15, 0.2) is 49.3 Å². The zero-order valence-electron chi connectivity index (χ0n) is 9.49. The van der Waals surface area contributed by atoms with Crippen molar-refractivity contribution in [2.75, 3.05) is 0 Å². The average Bonchev–Trinajstić information content (AvgIpc) is 2.24. The van der Waals surface area contributed by atoms with Gasteiger partial charge in [-0.2, -0.15) is 4.40 Å². The molecule has 0 spiro atoms. The molecular weight excluding hydrogens is 291 g/mol. The van der Waals surface area contributed by atoms with Crippen molar-refractivity contribution in [2.45, 2.75) is 0 Å². The molecule has 2 rings (SSSR count). The van der Waals surface area contributed by atoms with Crippen LogP contribution in [0.4, 0.5) is 25.2 Å². The molecule has 1 nitrogen and oxygen atoms in total. The molecule has 0 aliphatic heterocycles. The number of rotatable bonds is 1. The van der Waals surface area contributed by atoms with Gasteiger partial charge in [0, 0.05) is 23.8 Å². The molecule has 8 heteroatoms. The average molecular weight is 301 g/mol. The van der Waals surface area contributed by atoms with Crippen LogP contribution in [0.3, 0.4) is 0 Å². The van der Waals surface area contributed by atoms with Gasteiger partial charge in [-0.25, -0.2) is 0 Å². The van der Waals surface area contributed by atoms with E-state index in [0.29, 0.717) is 0 Å². The second-order valence-electron chi connectivity index (χ2n) is 3.66. The first-order valence-corrected chi connectivity index (χ1v) is 6.97. The number of nitrogens with zero attached hydrogens (tertiary/aromatic N) is 1. The third-order valence-corrected chi connectivity index (χ3v) is 1.89. The fourth-order valence-electron chi connectivity index (χ4n) is 1.23. The first-order valence-electron chi connectivity index (χ1n) is 4.94. The summed E-state index contributed by atoms with van der Waals surface area (Å²) in [5.74, 6) is 0. The zero-order valence-corrected chi connectivity index (χ0v) is 10.4. The van der Waals surface area contributed by atoms with Gasteiger partial charge in [0.05, 0.1) is 0 Å². The van der Waals surface area contributed by atoms with E-state index in [0.717, 1.165) is 5.56 Å². The number of halogens is 6. The quantitative estimate of drug-likeness (QED) is 0.374. The Morgan fingerprint density at radius 3 is 2.05 bits per heavy atom. The van der Waals surface area contributed by atoms with Gasteiger partial charge in [-0.3, -0.25) is 0 Å². The Kier molecular flexibility index (Phi) is 3.41. The number of hydrogen-bond donors (Lipinski definition) is 0. The van der Waals surface area contributed by atoms with Crippen molar-refractivity contribution in [1.29, 1.82) is 0 Å². The monoisotopic (exact) mass is 301 g/mol. The summed E-state index contributed by atoms with van der Waals surface area (Å²) in [4.78, 5) is 0. The van der Waals surface area contributed by atoms with Crippen molar-refractivity contribution in [1.82, 2.24) is 0 Å². The van der Waals surface area contributed by atoms with Crippen molar-refractivity contribution in [2.24, 2.45) is 0 Å². The molecule has 0 aliphatic rings. The minimum absolute atomic E-state index is 1.14. The predicted molar refractivity (Wildman–Crippen MR) is 63.3 cm³/mol. The normalized spacial score (nSPS) is 14.8. The molecule has 0 atom stereocenters. The van der Waals surface area contributed by atoms with Gasteiger partial charge in [-0.05, 0) is 12.1 Å². The SMILES string of the molecule is C=Cc1ccc2cccc[n+]2c1.F[P-](F)(F)(F)(F)F. The van der Waals surface area contributed by atoms with Gasteiger partial charge < -0.3 is 0 Å². The van der Waals surface area contributed by atoms with E-state index >= 15 is 0 Å². The summed E-state index contributed by atoms with van der Waals surface area (Å²) in [7, 11) is -10.7. The van der Waals surface area contributed by atoms with Crippen molar-refractivity contribution in [3.8, 4) is 0 Å². The van der Waals surface area contributed by atoms with Gasteiger partial charge in [-0.15, -0.1) is 0 Å². The zero-order chi connectivity index (χ0) is 14.8. The van der Waals surface area contributed by atoms with Crippen molar-refractivity contribution < 1.29 is 29.6 Å². The van der Waals surface area contributed by atoms with Crippen LogP contribution >= 0.6 is 7.81 Å². The Balaban J connectivity index is 0.000000224. The molecule has 0 unspecified atom stereocenters. The molecule has 106 valence electrons.